The maximum absolute atomic E-state index is 11.9. The highest BCUT2D eigenvalue weighted by Gasteiger charge is 2.24. The second kappa shape index (κ2) is 5.80. The number of nitrogens with one attached hydrogen (secondary N) is 2. The third-order valence-electron chi connectivity index (χ3n) is 4.50. The van der Waals surface area contributed by atoms with Gasteiger partial charge < -0.3 is 16.0 Å². The van der Waals surface area contributed by atoms with Crippen LogP contribution >= 0.6 is 0 Å². The van der Waals surface area contributed by atoms with Gasteiger partial charge in [0.05, 0.1) is 10.9 Å². The minimum absolute atomic E-state index is 0.159. The minimum Gasteiger partial charge on any atom is -0.383 e. The quantitative estimate of drug-likeness (QED) is 0.506. The third-order valence-corrected chi connectivity index (χ3v) is 4.50. The zero-order valence-electron chi connectivity index (χ0n) is 15.7. The number of nitrogen functional groups attached to an aromatic ring is 1. The Morgan fingerprint density at radius 1 is 1.22 bits per heavy atom. The average molecular weight is 363 g/mol. The van der Waals surface area contributed by atoms with Gasteiger partial charge in [0.15, 0.2) is 5.65 Å². The van der Waals surface area contributed by atoms with E-state index in [-0.39, 0.29) is 11.4 Å². The topological polar surface area (TPSA) is 115 Å². The number of carbonyl (C=O) groups excluding carboxylic acids is 1. The van der Waals surface area contributed by atoms with Gasteiger partial charge in [-0.15, -0.1) is 0 Å². The van der Waals surface area contributed by atoms with Crippen LogP contribution in [0.1, 0.15) is 31.3 Å². The van der Waals surface area contributed by atoms with Gasteiger partial charge in [-0.1, -0.05) is 12.1 Å². The number of aromatic amines is 1. The molecule has 0 saturated carbocycles. The summed E-state index contributed by atoms with van der Waals surface area (Å²) in [5.41, 5.74) is 9.55. The molecule has 0 aliphatic rings. The lowest BCUT2D eigenvalue weighted by Gasteiger charge is -2.19. The van der Waals surface area contributed by atoms with Crippen molar-refractivity contribution in [3.8, 4) is 11.3 Å². The smallest absolute Gasteiger partial charge is 0.267 e. The van der Waals surface area contributed by atoms with Crippen LogP contribution in [0.15, 0.2) is 30.6 Å². The number of aromatic nitrogens is 5. The number of carbonyl (C=O) groups is 1. The van der Waals surface area contributed by atoms with Crippen molar-refractivity contribution in [1.29, 1.82) is 0 Å². The molecule has 27 heavy (non-hydrogen) atoms. The molecule has 1 aromatic carbocycles. The molecule has 0 atom stereocenters. The molecule has 3 heterocycles. The van der Waals surface area contributed by atoms with Crippen molar-refractivity contribution < 1.29 is 4.79 Å². The summed E-state index contributed by atoms with van der Waals surface area (Å²) in [6.45, 7) is 6.18. The number of hydrogen-bond donors (Lipinski definition) is 3. The van der Waals surface area contributed by atoms with Crippen LogP contribution in [0.2, 0.25) is 0 Å². The number of H-pyrrole nitrogens is 1. The fraction of sp³-hybridized carbons (Fsp3) is 0.263. The maximum atomic E-state index is 11.9. The van der Waals surface area contributed by atoms with E-state index in [0.29, 0.717) is 17.2 Å². The summed E-state index contributed by atoms with van der Waals surface area (Å²) in [5, 5.41) is 9.09. The van der Waals surface area contributed by atoms with E-state index in [4.69, 9.17) is 10.8 Å². The zero-order chi connectivity index (χ0) is 19.3. The van der Waals surface area contributed by atoms with Gasteiger partial charge in [0.2, 0.25) is 0 Å². The monoisotopic (exact) mass is 363 g/mol. The normalized spacial score (nSPS) is 12.0. The van der Waals surface area contributed by atoms with E-state index < -0.39 is 0 Å². The molecule has 0 unspecified atom stereocenters. The van der Waals surface area contributed by atoms with Crippen molar-refractivity contribution >= 4 is 33.7 Å². The maximum Gasteiger partial charge on any atom is 0.267 e. The van der Waals surface area contributed by atoms with Crippen molar-refractivity contribution in [2.75, 3.05) is 12.8 Å². The number of fused-ring (bicyclic) bond motifs is 2. The predicted molar refractivity (Wildman–Crippen MR) is 105 cm³/mol. The molecule has 0 bridgehead atoms. The number of hydrogen-bond acceptors (Lipinski definition) is 5. The molecule has 0 radical (unpaired) electrons. The molecule has 0 aliphatic carbocycles. The van der Waals surface area contributed by atoms with Crippen molar-refractivity contribution in [2.24, 2.45) is 0 Å². The Kier molecular flexibility index (Phi) is 3.66. The van der Waals surface area contributed by atoms with E-state index in [2.05, 4.69) is 41.0 Å². The summed E-state index contributed by atoms with van der Waals surface area (Å²) in [5.74, 6) is 0.232. The fourth-order valence-corrected chi connectivity index (χ4v) is 3.18. The Morgan fingerprint density at radius 2 is 2.00 bits per heavy atom. The van der Waals surface area contributed by atoms with Crippen molar-refractivity contribution in [2.45, 2.75) is 26.3 Å². The Morgan fingerprint density at radius 3 is 2.70 bits per heavy atom. The highest BCUT2D eigenvalue weighted by atomic mass is 16.1. The first-order valence-corrected chi connectivity index (χ1v) is 8.64. The van der Waals surface area contributed by atoms with Gasteiger partial charge in [0.25, 0.3) is 5.91 Å². The number of benzene rings is 1. The molecule has 0 saturated heterocycles. The molecule has 138 valence electrons. The lowest BCUT2D eigenvalue weighted by molar-refractivity contribution is 0.0959. The van der Waals surface area contributed by atoms with E-state index in [1.165, 1.54) is 6.33 Å². The second-order valence-electron chi connectivity index (χ2n) is 7.45. The molecule has 8 nitrogen and oxygen atoms in total. The first-order valence-electron chi connectivity index (χ1n) is 8.64. The van der Waals surface area contributed by atoms with Gasteiger partial charge >= 0.3 is 0 Å². The van der Waals surface area contributed by atoms with Gasteiger partial charge in [-0.25, -0.2) is 14.6 Å². The van der Waals surface area contributed by atoms with Crippen LogP contribution in [0, 0.1) is 0 Å². The molecule has 0 aliphatic heterocycles. The SMILES string of the molecule is CNC(=O)c1cc2ccc(-c3nn(C(C)(C)C)c4ncnc(N)c34)cc2[nH]1. The molecule has 4 aromatic rings. The Bertz CT molecular complexity index is 1180. The van der Waals surface area contributed by atoms with Crippen LogP contribution in [-0.4, -0.2) is 37.7 Å². The highest BCUT2D eigenvalue weighted by molar-refractivity contribution is 6.02. The lowest BCUT2D eigenvalue weighted by Crippen LogP contribution is -2.23. The van der Waals surface area contributed by atoms with Crippen LogP contribution < -0.4 is 11.1 Å². The van der Waals surface area contributed by atoms with Gasteiger partial charge in [0, 0.05) is 23.5 Å². The average Bonchev–Trinajstić information content (AvgIpc) is 3.22. The molecular formula is C19H21N7O. The number of anilines is 1. The van der Waals surface area contributed by atoms with E-state index in [0.717, 1.165) is 27.5 Å². The Hall–Kier alpha value is -3.42. The van der Waals surface area contributed by atoms with Crippen molar-refractivity contribution in [1.82, 2.24) is 30.0 Å². The van der Waals surface area contributed by atoms with E-state index >= 15 is 0 Å². The molecule has 4 rings (SSSR count). The summed E-state index contributed by atoms with van der Waals surface area (Å²) in [6.07, 6.45) is 1.45. The molecular weight excluding hydrogens is 342 g/mol. The van der Waals surface area contributed by atoms with E-state index in [1.807, 2.05) is 28.9 Å². The number of nitrogens with two attached hydrogens (primary N) is 1. The largest absolute Gasteiger partial charge is 0.383 e. The molecule has 0 fully saturated rings. The van der Waals surface area contributed by atoms with Gasteiger partial charge in [-0.3, -0.25) is 4.79 Å². The predicted octanol–water partition coefficient (Wildman–Crippen LogP) is 2.67. The summed E-state index contributed by atoms with van der Waals surface area (Å²) in [7, 11) is 1.60. The Balaban J connectivity index is 1.95. The standard InChI is InChI=1S/C19H21N7O/c1-19(2,3)26-17-14(16(20)22-9-23-17)15(25-26)11-6-5-10-7-13(18(27)21-4)24-12(10)8-11/h5-9,24H,1-4H3,(H,21,27)(H2,20,22,23). The first-order chi connectivity index (χ1) is 12.8. The third kappa shape index (κ3) is 2.69. The van der Waals surface area contributed by atoms with Crippen LogP contribution in [0.4, 0.5) is 5.82 Å². The Labute approximate surface area is 155 Å². The molecule has 3 aromatic heterocycles. The lowest BCUT2D eigenvalue weighted by atomic mass is 10.1. The van der Waals surface area contributed by atoms with Crippen LogP contribution in [-0.2, 0) is 5.54 Å². The second-order valence-corrected chi connectivity index (χ2v) is 7.45. The highest BCUT2D eigenvalue weighted by Crippen LogP contribution is 2.34. The van der Waals surface area contributed by atoms with Crippen molar-refractivity contribution in [3.05, 3.63) is 36.3 Å². The van der Waals surface area contributed by atoms with Gasteiger partial charge in [-0.05, 0) is 32.9 Å². The number of nitrogens with zero attached hydrogens (tertiary/aromatic N) is 4. The van der Waals surface area contributed by atoms with Gasteiger partial charge in [0.1, 0.15) is 23.5 Å². The summed E-state index contributed by atoms with van der Waals surface area (Å²) < 4.78 is 1.87. The fourth-order valence-electron chi connectivity index (χ4n) is 3.18. The molecule has 8 heteroatoms. The molecule has 1 amide bonds. The van der Waals surface area contributed by atoms with E-state index in [1.54, 1.807) is 7.05 Å². The van der Waals surface area contributed by atoms with Crippen molar-refractivity contribution in [3.63, 3.8) is 0 Å². The minimum atomic E-state index is -0.264. The number of rotatable bonds is 2. The molecule has 0 spiro atoms. The zero-order valence-corrected chi connectivity index (χ0v) is 15.7. The van der Waals surface area contributed by atoms with Crippen LogP contribution in [0.3, 0.4) is 0 Å². The summed E-state index contributed by atoms with van der Waals surface area (Å²) >= 11 is 0. The van der Waals surface area contributed by atoms with Crippen LogP contribution in [0.25, 0.3) is 33.2 Å². The first kappa shape index (κ1) is 17.0. The summed E-state index contributed by atoms with van der Waals surface area (Å²) in [6, 6.07) is 7.70. The van der Waals surface area contributed by atoms with Gasteiger partial charge in [-0.2, -0.15) is 5.10 Å². The van der Waals surface area contributed by atoms with E-state index in [9.17, 15) is 4.79 Å². The number of amides is 1. The summed E-state index contributed by atoms with van der Waals surface area (Å²) in [4.78, 5) is 23.6. The molecule has 4 N–H and O–H groups in total. The van der Waals surface area contributed by atoms with Crippen LogP contribution in [0.5, 0.6) is 0 Å².